The van der Waals surface area contributed by atoms with Gasteiger partial charge in [0.2, 0.25) is 5.95 Å². The molecule has 1 aliphatic heterocycles. The number of nitrogens with one attached hydrogen (secondary N) is 2. The molecule has 0 saturated carbocycles. The highest BCUT2D eigenvalue weighted by Gasteiger charge is 2.08. The molecule has 2 heterocycles. The Bertz CT molecular complexity index is 390. The number of aromatic nitrogens is 2. The highest BCUT2D eigenvalue weighted by atomic mass is 16.5. The third-order valence-electron chi connectivity index (χ3n) is 3.38. The molecule has 1 saturated heterocycles. The van der Waals surface area contributed by atoms with Crippen molar-refractivity contribution in [1.82, 2.24) is 20.2 Å². The molecule has 6 nitrogen and oxygen atoms in total. The third kappa shape index (κ3) is 6.37. The maximum atomic E-state index is 5.34. The van der Waals surface area contributed by atoms with E-state index in [4.69, 9.17) is 4.74 Å². The van der Waals surface area contributed by atoms with E-state index in [-0.39, 0.29) is 0 Å². The number of nitrogens with zero attached hydrogens (tertiary/aromatic N) is 3. The van der Waals surface area contributed by atoms with E-state index in [1.807, 2.05) is 12.4 Å². The van der Waals surface area contributed by atoms with Gasteiger partial charge in [-0.15, -0.1) is 0 Å². The van der Waals surface area contributed by atoms with Gasteiger partial charge in [-0.2, -0.15) is 0 Å². The fraction of sp³-hybridized carbons (Fsp3) is 0.733. The molecule has 1 aromatic heterocycles. The zero-order valence-electron chi connectivity index (χ0n) is 13.1. The van der Waals surface area contributed by atoms with Gasteiger partial charge >= 0.3 is 0 Å². The molecule has 118 valence electrons. The second-order valence-corrected chi connectivity index (χ2v) is 5.70. The lowest BCUT2D eigenvalue weighted by Gasteiger charge is -2.26. The molecule has 2 rings (SSSR count). The van der Waals surface area contributed by atoms with Crippen molar-refractivity contribution in [2.75, 3.05) is 44.7 Å². The molecule has 0 atom stereocenters. The van der Waals surface area contributed by atoms with Gasteiger partial charge in [0.15, 0.2) is 0 Å². The Morgan fingerprint density at radius 2 is 1.95 bits per heavy atom. The molecule has 0 aliphatic carbocycles. The summed E-state index contributed by atoms with van der Waals surface area (Å²) in [7, 11) is 0. The van der Waals surface area contributed by atoms with Gasteiger partial charge in [0, 0.05) is 43.6 Å². The summed E-state index contributed by atoms with van der Waals surface area (Å²) in [6.45, 7) is 11.0. The molecule has 0 aromatic carbocycles. The number of anilines is 1. The molecule has 0 bridgehead atoms. The number of hydrogen-bond acceptors (Lipinski definition) is 6. The van der Waals surface area contributed by atoms with Crippen LogP contribution in [0.3, 0.4) is 0 Å². The largest absolute Gasteiger partial charge is 0.379 e. The summed E-state index contributed by atoms with van der Waals surface area (Å²) in [5.41, 5.74) is 1.12. The van der Waals surface area contributed by atoms with E-state index in [0.29, 0.717) is 12.0 Å². The standard InChI is InChI=1S/C15H27N5O/c1-13(2)19-15-17-11-14(12-18-15)10-16-4-3-5-20-6-8-21-9-7-20/h11-13,16H,3-10H2,1-2H3,(H,17,18,19). The van der Waals surface area contributed by atoms with E-state index >= 15 is 0 Å². The van der Waals surface area contributed by atoms with Crippen LogP contribution < -0.4 is 10.6 Å². The van der Waals surface area contributed by atoms with Gasteiger partial charge in [0.1, 0.15) is 0 Å². The van der Waals surface area contributed by atoms with Gasteiger partial charge in [-0.25, -0.2) is 9.97 Å². The average Bonchev–Trinajstić information content (AvgIpc) is 2.49. The van der Waals surface area contributed by atoms with Gasteiger partial charge < -0.3 is 15.4 Å². The average molecular weight is 293 g/mol. The smallest absolute Gasteiger partial charge is 0.222 e. The molecular formula is C15H27N5O. The van der Waals surface area contributed by atoms with Crippen LogP contribution in [-0.4, -0.2) is 60.3 Å². The Hall–Kier alpha value is -1.24. The van der Waals surface area contributed by atoms with Crippen molar-refractivity contribution in [2.45, 2.75) is 32.9 Å². The van der Waals surface area contributed by atoms with Crippen molar-refractivity contribution in [3.05, 3.63) is 18.0 Å². The summed E-state index contributed by atoms with van der Waals surface area (Å²) < 4.78 is 5.34. The van der Waals surface area contributed by atoms with Gasteiger partial charge in [0.25, 0.3) is 0 Å². The lowest BCUT2D eigenvalue weighted by Crippen LogP contribution is -2.37. The van der Waals surface area contributed by atoms with Crippen LogP contribution in [0.25, 0.3) is 0 Å². The third-order valence-corrected chi connectivity index (χ3v) is 3.38. The van der Waals surface area contributed by atoms with Crippen molar-refractivity contribution in [3.63, 3.8) is 0 Å². The molecule has 2 N–H and O–H groups in total. The van der Waals surface area contributed by atoms with E-state index < -0.39 is 0 Å². The Kier molecular flexibility index (Phi) is 6.85. The Balaban J connectivity index is 1.57. The first kappa shape index (κ1) is 16.1. The molecule has 6 heteroatoms. The van der Waals surface area contributed by atoms with Crippen LogP contribution in [0.2, 0.25) is 0 Å². The summed E-state index contributed by atoms with van der Waals surface area (Å²) in [6, 6.07) is 0.356. The molecule has 0 unspecified atom stereocenters. The van der Waals surface area contributed by atoms with E-state index in [0.717, 1.165) is 57.9 Å². The maximum absolute atomic E-state index is 5.34. The highest BCUT2D eigenvalue weighted by Crippen LogP contribution is 2.02. The Labute approximate surface area is 127 Å². The summed E-state index contributed by atoms with van der Waals surface area (Å²) in [5, 5.41) is 6.63. The fourth-order valence-electron chi connectivity index (χ4n) is 2.26. The molecule has 1 fully saturated rings. The van der Waals surface area contributed by atoms with E-state index in [1.165, 1.54) is 0 Å². The zero-order valence-corrected chi connectivity index (χ0v) is 13.1. The molecule has 0 amide bonds. The van der Waals surface area contributed by atoms with Crippen molar-refractivity contribution in [3.8, 4) is 0 Å². The van der Waals surface area contributed by atoms with Crippen LogP contribution >= 0.6 is 0 Å². The Morgan fingerprint density at radius 3 is 2.62 bits per heavy atom. The van der Waals surface area contributed by atoms with Crippen LogP contribution in [0.5, 0.6) is 0 Å². The topological polar surface area (TPSA) is 62.3 Å². The lowest BCUT2D eigenvalue weighted by molar-refractivity contribution is 0.0374. The maximum Gasteiger partial charge on any atom is 0.222 e. The number of ether oxygens (including phenoxy) is 1. The normalized spacial score (nSPS) is 16.3. The zero-order chi connectivity index (χ0) is 14.9. The van der Waals surface area contributed by atoms with Crippen LogP contribution in [0.1, 0.15) is 25.8 Å². The van der Waals surface area contributed by atoms with E-state index in [1.54, 1.807) is 0 Å². The monoisotopic (exact) mass is 293 g/mol. The minimum Gasteiger partial charge on any atom is -0.379 e. The van der Waals surface area contributed by atoms with Crippen LogP contribution in [0.15, 0.2) is 12.4 Å². The molecule has 1 aromatic rings. The van der Waals surface area contributed by atoms with Crippen LogP contribution in [0.4, 0.5) is 5.95 Å². The lowest BCUT2D eigenvalue weighted by atomic mass is 10.3. The van der Waals surface area contributed by atoms with Crippen molar-refractivity contribution in [2.24, 2.45) is 0 Å². The number of morpholine rings is 1. The Morgan fingerprint density at radius 1 is 1.24 bits per heavy atom. The second-order valence-electron chi connectivity index (χ2n) is 5.70. The quantitative estimate of drug-likeness (QED) is 0.700. The number of hydrogen-bond donors (Lipinski definition) is 2. The first-order chi connectivity index (χ1) is 10.2. The fourth-order valence-corrected chi connectivity index (χ4v) is 2.26. The minimum atomic E-state index is 0.356. The van der Waals surface area contributed by atoms with Gasteiger partial charge in [0.05, 0.1) is 13.2 Å². The van der Waals surface area contributed by atoms with Crippen LogP contribution in [0, 0.1) is 0 Å². The van der Waals surface area contributed by atoms with Crippen molar-refractivity contribution in [1.29, 1.82) is 0 Å². The summed E-state index contributed by atoms with van der Waals surface area (Å²) in [6.07, 6.45) is 4.92. The minimum absolute atomic E-state index is 0.356. The summed E-state index contributed by atoms with van der Waals surface area (Å²) in [4.78, 5) is 11.1. The second kappa shape index (κ2) is 8.92. The highest BCUT2D eigenvalue weighted by molar-refractivity contribution is 5.25. The SMILES string of the molecule is CC(C)Nc1ncc(CNCCCN2CCOCC2)cn1. The van der Waals surface area contributed by atoms with Gasteiger partial charge in [-0.1, -0.05) is 0 Å². The van der Waals surface area contributed by atoms with E-state index in [9.17, 15) is 0 Å². The van der Waals surface area contributed by atoms with Crippen molar-refractivity contribution >= 4 is 5.95 Å². The molecule has 1 aliphatic rings. The molecular weight excluding hydrogens is 266 g/mol. The number of rotatable bonds is 8. The molecule has 0 spiro atoms. The van der Waals surface area contributed by atoms with E-state index in [2.05, 4.69) is 39.3 Å². The summed E-state index contributed by atoms with van der Waals surface area (Å²) in [5.74, 6) is 0.695. The predicted molar refractivity (Wildman–Crippen MR) is 84.4 cm³/mol. The van der Waals surface area contributed by atoms with Crippen molar-refractivity contribution < 1.29 is 4.74 Å². The van der Waals surface area contributed by atoms with Crippen LogP contribution in [-0.2, 0) is 11.3 Å². The first-order valence-electron chi connectivity index (χ1n) is 7.82. The van der Waals surface area contributed by atoms with Gasteiger partial charge in [-0.05, 0) is 33.4 Å². The first-order valence-corrected chi connectivity index (χ1v) is 7.82. The van der Waals surface area contributed by atoms with Gasteiger partial charge in [-0.3, -0.25) is 4.90 Å². The predicted octanol–water partition coefficient (Wildman–Crippen LogP) is 1.11. The molecule has 21 heavy (non-hydrogen) atoms. The summed E-state index contributed by atoms with van der Waals surface area (Å²) >= 11 is 0. The molecule has 0 radical (unpaired) electrons.